The lowest BCUT2D eigenvalue weighted by Gasteiger charge is -2.32. The normalized spacial score (nSPS) is 18.3. The highest BCUT2D eigenvalue weighted by molar-refractivity contribution is 5.94. The van der Waals surface area contributed by atoms with Crippen LogP contribution in [-0.4, -0.2) is 36.4 Å². The minimum absolute atomic E-state index is 0.0518. The van der Waals surface area contributed by atoms with Crippen LogP contribution < -0.4 is 5.32 Å². The Balaban J connectivity index is 1.94. The van der Waals surface area contributed by atoms with Crippen LogP contribution in [0.4, 0.5) is 13.2 Å². The molecule has 0 unspecified atom stereocenters. The van der Waals surface area contributed by atoms with Crippen molar-refractivity contribution in [3.8, 4) is 0 Å². The molecule has 1 fully saturated rings. The Morgan fingerprint density at radius 1 is 1.24 bits per heavy atom. The van der Waals surface area contributed by atoms with E-state index in [2.05, 4.69) is 5.32 Å². The number of carbonyl (C=O) groups is 1. The van der Waals surface area contributed by atoms with Crippen molar-refractivity contribution in [3.05, 3.63) is 35.4 Å². The number of ether oxygens (including phenoxy) is 1. The Bertz CT molecular complexity index is 493. The van der Waals surface area contributed by atoms with E-state index in [1.54, 1.807) is 0 Å². The average molecular weight is 303 g/mol. The third-order valence-electron chi connectivity index (χ3n) is 3.48. The minimum Gasteiger partial charge on any atom is -0.388 e. The highest BCUT2D eigenvalue weighted by Crippen LogP contribution is 2.29. The summed E-state index contributed by atoms with van der Waals surface area (Å²) in [5, 5.41) is 12.7. The zero-order chi connectivity index (χ0) is 15.5. The second-order valence-electron chi connectivity index (χ2n) is 5.09. The van der Waals surface area contributed by atoms with Gasteiger partial charge in [0.2, 0.25) is 0 Å². The lowest BCUT2D eigenvalue weighted by atomic mass is 9.94. The Labute approximate surface area is 119 Å². The van der Waals surface area contributed by atoms with Crippen molar-refractivity contribution in [2.75, 3.05) is 19.8 Å². The molecular formula is C14H16F3NO3. The van der Waals surface area contributed by atoms with Crippen molar-refractivity contribution < 1.29 is 27.8 Å². The van der Waals surface area contributed by atoms with Crippen molar-refractivity contribution in [3.63, 3.8) is 0 Å². The predicted octanol–water partition coefficient (Wildman–Crippen LogP) is 1.98. The number of amides is 1. The first-order valence-corrected chi connectivity index (χ1v) is 6.56. The van der Waals surface area contributed by atoms with Crippen LogP contribution in [0.5, 0.6) is 0 Å². The molecule has 0 bridgehead atoms. The molecule has 7 heteroatoms. The Morgan fingerprint density at radius 2 is 1.81 bits per heavy atom. The van der Waals surface area contributed by atoms with Gasteiger partial charge in [-0.2, -0.15) is 13.2 Å². The van der Waals surface area contributed by atoms with Gasteiger partial charge >= 0.3 is 6.18 Å². The summed E-state index contributed by atoms with van der Waals surface area (Å²) in [6.45, 7) is 0.898. The fraction of sp³-hybridized carbons (Fsp3) is 0.500. The number of carbonyl (C=O) groups excluding carboxylic acids is 1. The van der Waals surface area contributed by atoms with E-state index in [1.807, 2.05) is 0 Å². The zero-order valence-corrected chi connectivity index (χ0v) is 11.2. The van der Waals surface area contributed by atoms with Crippen LogP contribution in [-0.2, 0) is 10.9 Å². The zero-order valence-electron chi connectivity index (χ0n) is 11.2. The fourth-order valence-corrected chi connectivity index (χ4v) is 2.09. The topological polar surface area (TPSA) is 58.6 Å². The van der Waals surface area contributed by atoms with Gasteiger partial charge in [0.1, 0.15) is 0 Å². The van der Waals surface area contributed by atoms with Crippen LogP contribution in [0.2, 0.25) is 0 Å². The van der Waals surface area contributed by atoms with E-state index in [0.717, 1.165) is 24.3 Å². The maximum absolute atomic E-state index is 12.4. The molecule has 0 spiro atoms. The quantitative estimate of drug-likeness (QED) is 0.897. The summed E-state index contributed by atoms with van der Waals surface area (Å²) in [6, 6.07) is 3.95. The molecule has 1 saturated heterocycles. The molecular weight excluding hydrogens is 287 g/mol. The maximum Gasteiger partial charge on any atom is 0.416 e. The highest BCUT2D eigenvalue weighted by atomic mass is 19.4. The number of hydrogen-bond acceptors (Lipinski definition) is 3. The average Bonchev–Trinajstić information content (AvgIpc) is 2.45. The van der Waals surface area contributed by atoms with Gasteiger partial charge < -0.3 is 15.2 Å². The Morgan fingerprint density at radius 3 is 2.33 bits per heavy atom. The van der Waals surface area contributed by atoms with E-state index >= 15 is 0 Å². The third kappa shape index (κ3) is 4.18. The number of halogens is 3. The smallest absolute Gasteiger partial charge is 0.388 e. The van der Waals surface area contributed by atoms with E-state index in [1.165, 1.54) is 0 Å². The molecule has 116 valence electrons. The van der Waals surface area contributed by atoms with Crippen LogP contribution in [0.3, 0.4) is 0 Å². The summed E-state index contributed by atoms with van der Waals surface area (Å²) in [5.41, 5.74) is -1.69. The molecule has 1 aliphatic rings. The van der Waals surface area contributed by atoms with Crippen LogP contribution in [0.15, 0.2) is 24.3 Å². The van der Waals surface area contributed by atoms with E-state index in [9.17, 15) is 23.1 Å². The largest absolute Gasteiger partial charge is 0.416 e. The number of hydrogen-bond donors (Lipinski definition) is 2. The van der Waals surface area contributed by atoms with Gasteiger partial charge in [-0.15, -0.1) is 0 Å². The summed E-state index contributed by atoms with van der Waals surface area (Å²) in [6.07, 6.45) is -3.59. The first kappa shape index (κ1) is 15.8. The van der Waals surface area contributed by atoms with E-state index in [4.69, 9.17) is 4.74 Å². The van der Waals surface area contributed by atoms with E-state index in [-0.39, 0.29) is 12.1 Å². The maximum atomic E-state index is 12.4. The molecule has 1 heterocycles. The fourth-order valence-electron chi connectivity index (χ4n) is 2.09. The molecule has 2 N–H and O–H groups in total. The highest BCUT2D eigenvalue weighted by Gasteiger charge is 2.31. The van der Waals surface area contributed by atoms with Gasteiger partial charge in [-0.05, 0) is 24.3 Å². The first-order valence-electron chi connectivity index (χ1n) is 6.56. The SMILES string of the molecule is O=C(NCC1(O)CCOCC1)c1ccc(C(F)(F)F)cc1. The summed E-state index contributed by atoms with van der Waals surface area (Å²) < 4.78 is 42.4. The predicted molar refractivity (Wildman–Crippen MR) is 68.8 cm³/mol. The van der Waals surface area contributed by atoms with Gasteiger partial charge in [-0.1, -0.05) is 0 Å². The van der Waals surface area contributed by atoms with Gasteiger partial charge in [0.15, 0.2) is 0 Å². The number of rotatable bonds is 3. The van der Waals surface area contributed by atoms with Gasteiger partial charge in [-0.3, -0.25) is 4.79 Å². The standard InChI is InChI=1S/C14H16F3NO3/c15-14(16,17)11-3-1-10(2-4-11)12(19)18-9-13(20)5-7-21-8-6-13/h1-4,20H,5-9H2,(H,18,19). The van der Waals surface area contributed by atoms with Crippen LogP contribution in [0.1, 0.15) is 28.8 Å². The van der Waals surface area contributed by atoms with Crippen LogP contribution in [0.25, 0.3) is 0 Å². The Hall–Kier alpha value is -1.60. The van der Waals surface area contributed by atoms with Crippen molar-refractivity contribution >= 4 is 5.91 Å². The van der Waals surface area contributed by atoms with Gasteiger partial charge in [0.25, 0.3) is 5.91 Å². The summed E-state index contributed by atoms with van der Waals surface area (Å²) in [5.74, 6) is -0.511. The lowest BCUT2D eigenvalue weighted by molar-refractivity contribution is -0.137. The lowest BCUT2D eigenvalue weighted by Crippen LogP contribution is -2.46. The molecule has 1 aromatic carbocycles. The molecule has 0 aromatic heterocycles. The van der Waals surface area contributed by atoms with Crippen LogP contribution in [0, 0.1) is 0 Å². The molecule has 1 amide bonds. The summed E-state index contributed by atoms with van der Waals surface area (Å²) in [7, 11) is 0. The molecule has 21 heavy (non-hydrogen) atoms. The summed E-state index contributed by atoms with van der Waals surface area (Å²) in [4.78, 5) is 11.9. The van der Waals surface area contributed by atoms with E-state index in [0.29, 0.717) is 26.1 Å². The third-order valence-corrected chi connectivity index (χ3v) is 3.48. The molecule has 0 atom stereocenters. The molecule has 0 radical (unpaired) electrons. The van der Waals surface area contributed by atoms with Gasteiger partial charge in [-0.25, -0.2) is 0 Å². The van der Waals surface area contributed by atoms with Gasteiger partial charge in [0.05, 0.1) is 11.2 Å². The molecule has 1 aromatic rings. The molecule has 0 aliphatic carbocycles. The molecule has 0 saturated carbocycles. The number of alkyl halides is 3. The number of benzene rings is 1. The van der Waals surface area contributed by atoms with Crippen molar-refractivity contribution in [2.45, 2.75) is 24.6 Å². The minimum atomic E-state index is -4.42. The first-order chi connectivity index (χ1) is 9.80. The van der Waals surface area contributed by atoms with Crippen LogP contribution >= 0.6 is 0 Å². The monoisotopic (exact) mass is 303 g/mol. The van der Waals surface area contributed by atoms with E-state index < -0.39 is 23.2 Å². The van der Waals surface area contributed by atoms with Crippen molar-refractivity contribution in [1.82, 2.24) is 5.32 Å². The van der Waals surface area contributed by atoms with Crippen molar-refractivity contribution in [2.24, 2.45) is 0 Å². The molecule has 2 rings (SSSR count). The summed E-state index contributed by atoms with van der Waals surface area (Å²) >= 11 is 0. The second-order valence-corrected chi connectivity index (χ2v) is 5.09. The van der Waals surface area contributed by atoms with Gasteiger partial charge in [0, 0.05) is 38.2 Å². The molecule has 4 nitrogen and oxygen atoms in total. The Kier molecular flexibility index (Phi) is 4.53. The van der Waals surface area contributed by atoms with Crippen molar-refractivity contribution in [1.29, 1.82) is 0 Å². The molecule has 1 aliphatic heterocycles. The number of aliphatic hydroxyl groups is 1. The second kappa shape index (κ2) is 6.03. The number of nitrogens with one attached hydrogen (secondary N) is 1.